The van der Waals surface area contributed by atoms with Crippen molar-refractivity contribution >= 4 is 29.5 Å². The first-order valence-corrected chi connectivity index (χ1v) is 5.03. The summed E-state index contributed by atoms with van der Waals surface area (Å²) in [7, 11) is 0. The van der Waals surface area contributed by atoms with Gasteiger partial charge in [-0.15, -0.1) is 0 Å². The maximum Gasteiger partial charge on any atom is 0.302 e. The molecule has 6 nitrogen and oxygen atoms in total. The lowest BCUT2D eigenvalue weighted by Gasteiger charge is -1.92. The third-order valence-corrected chi connectivity index (χ3v) is 1.56. The summed E-state index contributed by atoms with van der Waals surface area (Å²) in [6.07, 6.45) is 2.74. The minimum Gasteiger partial charge on any atom is -0.466 e. The van der Waals surface area contributed by atoms with Gasteiger partial charge in [-0.05, 0) is 19.1 Å². The van der Waals surface area contributed by atoms with E-state index < -0.39 is 0 Å². The van der Waals surface area contributed by atoms with E-state index >= 15 is 0 Å². The van der Waals surface area contributed by atoms with Crippen LogP contribution in [0.5, 0.6) is 0 Å². The van der Waals surface area contributed by atoms with Crippen molar-refractivity contribution in [3.05, 3.63) is 24.3 Å². The zero-order valence-corrected chi connectivity index (χ0v) is 10.0. The van der Waals surface area contributed by atoms with Crippen molar-refractivity contribution in [3.8, 4) is 0 Å². The molecule has 0 atom stereocenters. The second-order valence-electron chi connectivity index (χ2n) is 2.82. The second-order valence-corrected chi connectivity index (χ2v) is 2.82. The highest BCUT2D eigenvalue weighted by atomic mass is 16.5. The van der Waals surface area contributed by atoms with E-state index in [0.717, 1.165) is 0 Å². The van der Waals surface area contributed by atoms with Gasteiger partial charge in [-0.1, -0.05) is 12.1 Å². The highest BCUT2D eigenvalue weighted by Crippen LogP contribution is 2.25. The maximum atomic E-state index is 9.90. The summed E-state index contributed by atoms with van der Waals surface area (Å²) in [5.74, 6) is -0.211. The van der Waals surface area contributed by atoms with Crippen molar-refractivity contribution in [1.29, 1.82) is 0 Å². The number of aliphatic imine (C=N–C) groups is 2. The van der Waals surface area contributed by atoms with Gasteiger partial charge in [0, 0.05) is 6.92 Å². The molecule has 0 aliphatic heterocycles. The van der Waals surface area contributed by atoms with Crippen LogP contribution in [0.1, 0.15) is 13.8 Å². The van der Waals surface area contributed by atoms with E-state index in [-0.39, 0.29) is 5.97 Å². The predicted octanol–water partition coefficient (Wildman–Crippen LogP) is 2.19. The van der Waals surface area contributed by atoms with Crippen LogP contribution in [-0.2, 0) is 19.1 Å². The van der Waals surface area contributed by atoms with Gasteiger partial charge in [-0.2, -0.15) is 9.98 Å². The molecule has 18 heavy (non-hydrogen) atoms. The molecule has 0 saturated carbocycles. The molecular weight excluding hydrogens is 236 g/mol. The predicted molar refractivity (Wildman–Crippen MR) is 64.3 cm³/mol. The molecule has 0 aliphatic rings. The van der Waals surface area contributed by atoms with Crippen LogP contribution < -0.4 is 0 Å². The van der Waals surface area contributed by atoms with Crippen LogP contribution in [0.3, 0.4) is 0 Å². The van der Waals surface area contributed by atoms with Gasteiger partial charge in [-0.25, -0.2) is 9.59 Å². The number of para-hydroxylation sites is 2. The molecule has 0 unspecified atom stereocenters. The number of ether oxygens (including phenoxy) is 1. The molecule has 0 saturated heterocycles. The fourth-order valence-electron chi connectivity index (χ4n) is 0.955. The summed E-state index contributed by atoms with van der Waals surface area (Å²) in [6, 6.07) is 6.47. The molecule has 0 spiro atoms. The van der Waals surface area contributed by atoms with E-state index in [2.05, 4.69) is 14.7 Å². The highest BCUT2D eigenvalue weighted by Gasteiger charge is 1.96. The number of nitrogens with zero attached hydrogens (tertiary/aromatic N) is 2. The lowest BCUT2D eigenvalue weighted by Crippen LogP contribution is -1.95. The summed E-state index contributed by atoms with van der Waals surface area (Å²) in [4.78, 5) is 36.3. The molecule has 0 fully saturated rings. The van der Waals surface area contributed by atoms with E-state index in [1.807, 2.05) is 0 Å². The van der Waals surface area contributed by atoms with Crippen LogP contribution in [0.2, 0.25) is 0 Å². The molecule has 0 bridgehead atoms. The molecule has 6 heteroatoms. The average molecular weight is 248 g/mol. The van der Waals surface area contributed by atoms with Crippen molar-refractivity contribution in [2.75, 3.05) is 6.61 Å². The maximum absolute atomic E-state index is 9.90. The number of hydrogen-bond acceptors (Lipinski definition) is 6. The third kappa shape index (κ3) is 6.85. The Bertz CT molecular complexity index is 450. The summed E-state index contributed by atoms with van der Waals surface area (Å²) in [5, 5.41) is 0. The van der Waals surface area contributed by atoms with E-state index in [1.54, 1.807) is 31.2 Å². The average Bonchev–Trinajstić information content (AvgIpc) is 2.33. The minimum atomic E-state index is -0.211. The van der Waals surface area contributed by atoms with E-state index in [4.69, 9.17) is 0 Å². The standard InChI is InChI=1S/C8H4N2O2.C4H8O2/c11-5-9-7-3-1-2-4-8(7)10-6-12;1-3-6-4(2)5/h1-4H;3H2,1-2H3. The van der Waals surface area contributed by atoms with Crippen LogP contribution >= 0.6 is 0 Å². The Balaban J connectivity index is 0.000000411. The first-order valence-electron chi connectivity index (χ1n) is 5.03. The highest BCUT2D eigenvalue weighted by molar-refractivity contribution is 5.67. The number of hydrogen-bond donors (Lipinski definition) is 0. The Hall–Kier alpha value is -2.55. The number of isocyanates is 2. The van der Waals surface area contributed by atoms with Gasteiger partial charge < -0.3 is 4.74 Å². The van der Waals surface area contributed by atoms with Gasteiger partial charge in [0.15, 0.2) is 0 Å². The van der Waals surface area contributed by atoms with Gasteiger partial charge in [0.05, 0.1) is 6.61 Å². The van der Waals surface area contributed by atoms with Crippen molar-refractivity contribution < 1.29 is 19.1 Å². The molecular formula is C12H12N2O4. The summed E-state index contributed by atoms with van der Waals surface area (Å²) in [6.45, 7) is 3.65. The Morgan fingerprint density at radius 2 is 1.61 bits per heavy atom. The lowest BCUT2D eigenvalue weighted by atomic mass is 10.3. The fraction of sp³-hybridized carbons (Fsp3) is 0.250. The number of rotatable bonds is 3. The Labute approximate surface area is 104 Å². The number of benzene rings is 1. The van der Waals surface area contributed by atoms with Gasteiger partial charge in [0.2, 0.25) is 12.2 Å². The van der Waals surface area contributed by atoms with Crippen LogP contribution in [0.15, 0.2) is 34.3 Å². The quantitative estimate of drug-likeness (QED) is 0.466. The third-order valence-electron chi connectivity index (χ3n) is 1.56. The molecule has 0 heterocycles. The Kier molecular flexibility index (Phi) is 8.29. The molecule has 0 N–H and O–H groups in total. The number of esters is 1. The van der Waals surface area contributed by atoms with Crippen LogP contribution in [0.4, 0.5) is 11.4 Å². The van der Waals surface area contributed by atoms with E-state index in [1.165, 1.54) is 19.1 Å². The van der Waals surface area contributed by atoms with Gasteiger partial charge in [0.25, 0.3) is 0 Å². The van der Waals surface area contributed by atoms with Crippen LogP contribution in [0.25, 0.3) is 0 Å². The van der Waals surface area contributed by atoms with Crippen molar-refractivity contribution in [1.82, 2.24) is 0 Å². The molecule has 1 aromatic rings. The zero-order valence-electron chi connectivity index (χ0n) is 10.0. The normalized spacial score (nSPS) is 7.89. The first kappa shape index (κ1) is 15.4. The Morgan fingerprint density at radius 3 is 1.83 bits per heavy atom. The monoisotopic (exact) mass is 248 g/mol. The van der Waals surface area contributed by atoms with E-state index in [9.17, 15) is 14.4 Å². The smallest absolute Gasteiger partial charge is 0.302 e. The topological polar surface area (TPSA) is 85.2 Å². The molecule has 0 aliphatic carbocycles. The molecule has 0 aromatic heterocycles. The first-order chi connectivity index (χ1) is 8.65. The van der Waals surface area contributed by atoms with Gasteiger partial charge >= 0.3 is 5.97 Å². The van der Waals surface area contributed by atoms with Crippen molar-refractivity contribution in [3.63, 3.8) is 0 Å². The molecule has 1 aromatic carbocycles. The lowest BCUT2D eigenvalue weighted by molar-refractivity contribution is -0.140. The van der Waals surface area contributed by atoms with Gasteiger partial charge in [0.1, 0.15) is 11.4 Å². The molecule has 1 rings (SSSR count). The van der Waals surface area contributed by atoms with Gasteiger partial charge in [-0.3, -0.25) is 4.79 Å². The number of carbonyl (C=O) groups is 1. The number of carbonyl (C=O) groups excluding carboxylic acids is 3. The zero-order chi connectivity index (χ0) is 13.8. The molecule has 0 radical (unpaired) electrons. The summed E-state index contributed by atoms with van der Waals surface area (Å²) >= 11 is 0. The second kappa shape index (κ2) is 9.66. The van der Waals surface area contributed by atoms with Crippen LogP contribution in [-0.4, -0.2) is 24.7 Å². The van der Waals surface area contributed by atoms with Crippen molar-refractivity contribution in [2.45, 2.75) is 13.8 Å². The van der Waals surface area contributed by atoms with E-state index in [0.29, 0.717) is 18.0 Å². The van der Waals surface area contributed by atoms with Crippen molar-refractivity contribution in [2.24, 2.45) is 9.98 Å². The summed E-state index contributed by atoms with van der Waals surface area (Å²) in [5.41, 5.74) is 0.631. The van der Waals surface area contributed by atoms with Crippen LogP contribution in [0, 0.1) is 0 Å². The summed E-state index contributed by atoms with van der Waals surface area (Å²) < 4.78 is 4.40. The SMILES string of the molecule is CCOC(C)=O.O=C=Nc1ccccc1N=C=O. The molecule has 0 amide bonds. The minimum absolute atomic E-state index is 0.211. The molecule has 94 valence electrons. The Morgan fingerprint density at radius 1 is 1.17 bits per heavy atom. The largest absolute Gasteiger partial charge is 0.466 e. The fourth-order valence-corrected chi connectivity index (χ4v) is 0.955.